The number of nitrogens with zero attached hydrogens (tertiary/aromatic N) is 3. The van der Waals surface area contributed by atoms with Crippen molar-refractivity contribution in [3.63, 3.8) is 0 Å². The van der Waals surface area contributed by atoms with Gasteiger partial charge in [0.05, 0.1) is 5.51 Å². The normalized spacial score (nSPS) is 24.9. The van der Waals surface area contributed by atoms with Gasteiger partial charge in [-0.15, -0.1) is 23.1 Å². The van der Waals surface area contributed by atoms with Gasteiger partial charge in [0.15, 0.2) is 5.71 Å². The van der Waals surface area contributed by atoms with Crippen LogP contribution in [0.25, 0.3) is 0 Å². The molecule has 14 heteroatoms. The van der Waals surface area contributed by atoms with Crippen LogP contribution in [0, 0.1) is 5.41 Å². The van der Waals surface area contributed by atoms with E-state index in [1.165, 1.54) is 39.6 Å². The molecule has 2 saturated heterocycles. The Morgan fingerprint density at radius 1 is 1.44 bits per heavy atom. The topological polar surface area (TPSA) is 147 Å². The molecular formula is C20H23ClN4O7S2. The molecule has 184 valence electrons. The molecule has 2 aliphatic rings. The van der Waals surface area contributed by atoms with Crippen LogP contribution < -0.4 is 5.32 Å². The van der Waals surface area contributed by atoms with Gasteiger partial charge in [0, 0.05) is 23.2 Å². The van der Waals surface area contributed by atoms with Gasteiger partial charge in [0.2, 0.25) is 12.5 Å². The zero-order chi connectivity index (χ0) is 25.1. The molecule has 2 N–H and O–H groups in total. The fourth-order valence-corrected chi connectivity index (χ4v) is 5.57. The quantitative estimate of drug-likeness (QED) is 0.220. The summed E-state index contributed by atoms with van der Waals surface area (Å²) in [6.45, 7) is 4.55. The number of halogens is 1. The number of amides is 2. The number of hydrogen-bond donors (Lipinski definition) is 2. The maximum absolute atomic E-state index is 12.9. The van der Waals surface area contributed by atoms with Gasteiger partial charge >= 0.3 is 11.9 Å². The van der Waals surface area contributed by atoms with Crippen molar-refractivity contribution in [2.45, 2.75) is 37.8 Å². The van der Waals surface area contributed by atoms with Gasteiger partial charge in [-0.25, -0.2) is 9.78 Å². The minimum absolute atomic E-state index is 0.0551. The molecule has 2 amide bonds. The number of esters is 1. The van der Waals surface area contributed by atoms with Crippen molar-refractivity contribution >= 4 is 64.2 Å². The van der Waals surface area contributed by atoms with Gasteiger partial charge in [-0.2, -0.15) is 0 Å². The molecule has 0 saturated carbocycles. The molecule has 34 heavy (non-hydrogen) atoms. The number of thioether (sulfide) groups is 1. The average Bonchev–Trinajstić information content (AvgIpc) is 3.28. The Bertz CT molecular complexity index is 1020. The second-order valence-electron chi connectivity index (χ2n) is 8.55. The molecule has 2 unspecified atom stereocenters. The highest BCUT2D eigenvalue weighted by Crippen LogP contribution is 2.43. The maximum Gasteiger partial charge on any atom is 0.347 e. The molecule has 0 spiro atoms. The van der Waals surface area contributed by atoms with Gasteiger partial charge in [-0.05, 0) is 20.8 Å². The summed E-state index contributed by atoms with van der Waals surface area (Å²) in [7, 11) is 0. The van der Waals surface area contributed by atoms with Gasteiger partial charge in [-0.1, -0.05) is 22.8 Å². The third kappa shape index (κ3) is 5.70. The molecule has 0 aliphatic carbocycles. The van der Waals surface area contributed by atoms with Crippen LogP contribution in [0.2, 0.25) is 0 Å². The van der Waals surface area contributed by atoms with Crippen LogP contribution in [0.5, 0.6) is 0 Å². The summed E-state index contributed by atoms with van der Waals surface area (Å²) < 4.78 is 5.13. The highest BCUT2D eigenvalue weighted by Gasteiger charge is 2.56. The van der Waals surface area contributed by atoms with Crippen LogP contribution in [0.4, 0.5) is 0 Å². The SMILES string of the molecule is CC(C)(C)OC(=O)CON=C(C(=O)NC1C(=O)N2CC(C=CCl)(C(=O)O)CS[C@H]12)c1cscn1. The van der Waals surface area contributed by atoms with Crippen molar-refractivity contribution < 1.29 is 33.9 Å². The lowest BCUT2D eigenvalue weighted by molar-refractivity contribution is -0.160. The van der Waals surface area contributed by atoms with Crippen molar-refractivity contribution in [3.8, 4) is 0 Å². The summed E-state index contributed by atoms with van der Waals surface area (Å²) in [5, 5.41) is 17.1. The van der Waals surface area contributed by atoms with E-state index in [0.29, 0.717) is 0 Å². The number of carboxylic acids is 1. The van der Waals surface area contributed by atoms with Crippen LogP contribution in [0.15, 0.2) is 27.7 Å². The van der Waals surface area contributed by atoms with E-state index in [0.717, 1.165) is 5.54 Å². The highest BCUT2D eigenvalue weighted by atomic mass is 35.5. The standard InChI is InChI=1S/C20H23ClN4O7S2/c1-19(2,3)32-12(26)6-31-24-13(11-7-33-10-22-11)15(27)23-14-16(28)25-8-20(4-5-21,18(29)30)9-34-17(14)25/h4-5,7,10,14,17H,6,8-9H2,1-3H3,(H,23,27)(H,29,30)/t14?,17-,20?/m1/s1. The summed E-state index contributed by atoms with van der Waals surface area (Å²) in [6.07, 6.45) is 1.36. The number of carbonyl (C=O) groups excluding carboxylic acids is 3. The Morgan fingerprint density at radius 2 is 2.18 bits per heavy atom. The summed E-state index contributed by atoms with van der Waals surface area (Å²) in [5.74, 6) is -2.71. The minimum atomic E-state index is -1.30. The number of thiazole rings is 1. The lowest BCUT2D eigenvalue weighted by Gasteiger charge is -2.53. The number of aromatic nitrogens is 1. The molecule has 3 rings (SSSR count). The van der Waals surface area contributed by atoms with Crippen LogP contribution in [-0.2, 0) is 28.8 Å². The highest BCUT2D eigenvalue weighted by molar-refractivity contribution is 8.00. The second-order valence-corrected chi connectivity index (χ2v) is 10.6. The molecule has 3 atom stereocenters. The van der Waals surface area contributed by atoms with E-state index in [1.54, 1.807) is 26.2 Å². The van der Waals surface area contributed by atoms with E-state index in [9.17, 15) is 24.3 Å². The number of nitrogens with one attached hydrogen (secondary N) is 1. The average molecular weight is 531 g/mol. The minimum Gasteiger partial charge on any atom is -0.481 e. The van der Waals surface area contributed by atoms with Crippen molar-refractivity contribution in [1.82, 2.24) is 15.2 Å². The number of aliphatic carboxylic acids is 1. The summed E-state index contributed by atoms with van der Waals surface area (Å²) in [5.41, 5.74) is 0.633. The fourth-order valence-electron chi connectivity index (χ4n) is 3.28. The Labute approximate surface area is 208 Å². The van der Waals surface area contributed by atoms with Crippen molar-refractivity contribution in [1.29, 1.82) is 0 Å². The maximum atomic E-state index is 12.9. The number of oxime groups is 1. The van der Waals surface area contributed by atoms with E-state index >= 15 is 0 Å². The largest absolute Gasteiger partial charge is 0.481 e. The molecule has 1 aromatic heterocycles. The first-order valence-electron chi connectivity index (χ1n) is 10.0. The molecule has 3 heterocycles. The molecule has 0 radical (unpaired) electrons. The van der Waals surface area contributed by atoms with Crippen molar-refractivity contribution in [3.05, 3.63) is 28.2 Å². The third-order valence-electron chi connectivity index (χ3n) is 4.85. The molecular weight excluding hydrogens is 508 g/mol. The summed E-state index contributed by atoms with van der Waals surface area (Å²) in [4.78, 5) is 59.7. The number of rotatable bonds is 8. The third-order valence-corrected chi connectivity index (χ3v) is 7.11. The summed E-state index contributed by atoms with van der Waals surface area (Å²) in [6, 6.07) is -0.876. The van der Waals surface area contributed by atoms with Gasteiger partial charge in [0.25, 0.3) is 5.91 Å². The predicted octanol–water partition coefficient (Wildman–Crippen LogP) is 1.43. The van der Waals surface area contributed by atoms with Gasteiger partial charge in [0.1, 0.15) is 28.1 Å². The zero-order valence-corrected chi connectivity index (χ0v) is 20.9. The van der Waals surface area contributed by atoms with Gasteiger partial charge < -0.3 is 24.9 Å². The van der Waals surface area contributed by atoms with Crippen molar-refractivity contribution in [2.75, 3.05) is 18.9 Å². The van der Waals surface area contributed by atoms with E-state index < -0.39 is 52.8 Å². The Kier molecular flexibility index (Phi) is 7.88. The lowest BCUT2D eigenvalue weighted by Crippen LogP contribution is -2.73. The van der Waals surface area contributed by atoms with E-state index in [-0.39, 0.29) is 23.7 Å². The van der Waals surface area contributed by atoms with Gasteiger partial charge in [-0.3, -0.25) is 14.4 Å². The predicted molar refractivity (Wildman–Crippen MR) is 125 cm³/mol. The van der Waals surface area contributed by atoms with E-state index in [2.05, 4.69) is 15.5 Å². The molecule has 0 aromatic carbocycles. The zero-order valence-electron chi connectivity index (χ0n) is 18.5. The van der Waals surface area contributed by atoms with Crippen LogP contribution >= 0.6 is 34.7 Å². The number of fused-ring (bicyclic) bond motifs is 1. The molecule has 2 aliphatic heterocycles. The summed E-state index contributed by atoms with van der Waals surface area (Å²) >= 11 is 8.07. The molecule has 11 nitrogen and oxygen atoms in total. The molecule has 0 bridgehead atoms. The Balaban J connectivity index is 1.67. The first-order valence-corrected chi connectivity index (χ1v) is 12.4. The first kappa shape index (κ1) is 26.0. The van der Waals surface area contributed by atoms with E-state index in [4.69, 9.17) is 21.2 Å². The van der Waals surface area contributed by atoms with Crippen LogP contribution in [-0.4, -0.2) is 80.4 Å². The number of hydrogen-bond acceptors (Lipinski definition) is 10. The number of carbonyl (C=O) groups is 4. The smallest absolute Gasteiger partial charge is 0.347 e. The number of carboxylic acid groups (broad SMARTS) is 1. The Hall–Kier alpha value is -2.64. The van der Waals surface area contributed by atoms with Crippen molar-refractivity contribution in [2.24, 2.45) is 10.6 Å². The first-order chi connectivity index (χ1) is 16.0. The molecule has 2 fully saturated rings. The van der Waals surface area contributed by atoms with E-state index in [1.807, 2.05) is 0 Å². The number of β-lactam (4-membered cyclic amide) rings is 1. The van der Waals surface area contributed by atoms with Crippen LogP contribution in [0.1, 0.15) is 26.5 Å². The monoisotopic (exact) mass is 530 g/mol. The fraction of sp³-hybridized carbons (Fsp3) is 0.500. The molecule has 1 aromatic rings. The lowest BCUT2D eigenvalue weighted by atomic mass is 9.87. The van der Waals surface area contributed by atoms with Crippen LogP contribution in [0.3, 0.4) is 0 Å². The Morgan fingerprint density at radius 3 is 2.76 bits per heavy atom. The second kappa shape index (κ2) is 10.3. The number of ether oxygens (including phenoxy) is 1.